The van der Waals surface area contributed by atoms with E-state index in [2.05, 4.69) is 0 Å². The van der Waals surface area contributed by atoms with Crippen LogP contribution in [0.15, 0.2) is 71.6 Å². The third-order valence-corrected chi connectivity index (χ3v) is 5.95. The standard InChI is InChI=1S/C25H19F10NO2S/c26-21-8-7-17(23(27,28)29)10-16(21)12-36(13-22(37)24(30,31)32)18-4-2-5-19(11-18)38-14-15-3-1-6-20(9-15)39-25(33,34)35/h1-11,22,37H,12-14H2. The Balaban J connectivity index is 1.86. The zero-order valence-corrected chi connectivity index (χ0v) is 20.4. The van der Waals surface area contributed by atoms with Gasteiger partial charge in [-0.1, -0.05) is 18.2 Å². The van der Waals surface area contributed by atoms with E-state index in [9.17, 15) is 49.0 Å². The summed E-state index contributed by atoms with van der Waals surface area (Å²) in [6.45, 7) is -2.12. The number of halogens is 10. The third-order valence-electron chi connectivity index (χ3n) is 5.23. The van der Waals surface area contributed by atoms with Crippen molar-refractivity contribution >= 4 is 17.4 Å². The van der Waals surface area contributed by atoms with E-state index in [-0.39, 0.29) is 34.7 Å². The van der Waals surface area contributed by atoms with Gasteiger partial charge in [-0.2, -0.15) is 39.5 Å². The Labute approximate surface area is 220 Å². The molecule has 0 aliphatic carbocycles. The van der Waals surface area contributed by atoms with Crippen LogP contribution >= 0.6 is 11.8 Å². The first-order valence-electron chi connectivity index (χ1n) is 10.9. The molecule has 0 aromatic heterocycles. The van der Waals surface area contributed by atoms with Crippen LogP contribution in [0.4, 0.5) is 49.6 Å². The molecule has 0 radical (unpaired) electrons. The molecule has 3 aromatic rings. The Morgan fingerprint density at radius 2 is 1.54 bits per heavy atom. The largest absolute Gasteiger partial charge is 0.489 e. The van der Waals surface area contributed by atoms with Crippen LogP contribution in [-0.4, -0.2) is 29.4 Å². The van der Waals surface area contributed by atoms with Gasteiger partial charge in [0.15, 0.2) is 6.10 Å². The minimum atomic E-state index is -5.07. The number of aliphatic hydroxyl groups excluding tert-OH is 1. The molecule has 0 aliphatic heterocycles. The third kappa shape index (κ3) is 9.24. The van der Waals surface area contributed by atoms with E-state index in [0.29, 0.717) is 23.8 Å². The molecular formula is C25H19F10NO2S. The predicted molar refractivity (Wildman–Crippen MR) is 124 cm³/mol. The first-order chi connectivity index (χ1) is 18.0. The van der Waals surface area contributed by atoms with Crippen LogP contribution in [0.25, 0.3) is 0 Å². The quantitative estimate of drug-likeness (QED) is 0.203. The lowest BCUT2D eigenvalue weighted by molar-refractivity contribution is -0.200. The molecule has 1 atom stereocenters. The first kappa shape index (κ1) is 30.4. The second kappa shape index (κ2) is 11.9. The molecular weight excluding hydrogens is 568 g/mol. The lowest BCUT2D eigenvalue weighted by Crippen LogP contribution is -2.41. The highest BCUT2D eigenvalue weighted by atomic mass is 32.2. The number of rotatable bonds is 9. The second-order valence-corrected chi connectivity index (χ2v) is 9.36. The molecule has 14 heteroatoms. The van der Waals surface area contributed by atoms with E-state index < -0.39 is 54.0 Å². The van der Waals surface area contributed by atoms with Crippen molar-refractivity contribution in [2.75, 3.05) is 11.4 Å². The summed E-state index contributed by atoms with van der Waals surface area (Å²) in [5, 5.41) is 9.62. The van der Waals surface area contributed by atoms with Gasteiger partial charge in [0.25, 0.3) is 0 Å². The fraction of sp³-hybridized carbons (Fsp3) is 0.280. The van der Waals surface area contributed by atoms with Crippen molar-refractivity contribution in [2.45, 2.75) is 42.0 Å². The van der Waals surface area contributed by atoms with Gasteiger partial charge in [0.2, 0.25) is 0 Å². The normalized spacial score (nSPS) is 13.3. The average molecular weight is 587 g/mol. The summed E-state index contributed by atoms with van der Waals surface area (Å²) < 4.78 is 136. The molecule has 1 unspecified atom stereocenters. The Morgan fingerprint density at radius 3 is 2.18 bits per heavy atom. The highest BCUT2D eigenvalue weighted by molar-refractivity contribution is 8.00. The molecule has 0 amide bonds. The average Bonchev–Trinajstić information content (AvgIpc) is 2.81. The Kier molecular flexibility index (Phi) is 9.31. The molecule has 3 rings (SSSR count). The maximum atomic E-state index is 14.4. The highest BCUT2D eigenvalue weighted by Crippen LogP contribution is 2.37. The van der Waals surface area contributed by atoms with Crippen molar-refractivity contribution in [2.24, 2.45) is 0 Å². The van der Waals surface area contributed by atoms with E-state index in [1.807, 2.05) is 0 Å². The fourth-order valence-electron chi connectivity index (χ4n) is 3.42. The summed E-state index contributed by atoms with van der Waals surface area (Å²) >= 11 is -0.324. The Hall–Kier alpha value is -3.13. The molecule has 0 saturated heterocycles. The maximum Gasteiger partial charge on any atom is 0.446 e. The van der Waals surface area contributed by atoms with Crippen LogP contribution in [0.3, 0.4) is 0 Å². The van der Waals surface area contributed by atoms with Gasteiger partial charge in [-0.25, -0.2) is 4.39 Å². The van der Waals surface area contributed by atoms with Crippen LogP contribution < -0.4 is 9.64 Å². The van der Waals surface area contributed by atoms with E-state index in [1.165, 1.54) is 48.5 Å². The van der Waals surface area contributed by atoms with Crippen LogP contribution in [-0.2, 0) is 19.3 Å². The van der Waals surface area contributed by atoms with Crippen molar-refractivity contribution in [1.82, 2.24) is 0 Å². The van der Waals surface area contributed by atoms with Crippen molar-refractivity contribution < 1.29 is 53.7 Å². The summed E-state index contributed by atoms with van der Waals surface area (Å²) in [6, 6.07) is 12.1. The van der Waals surface area contributed by atoms with E-state index in [0.717, 1.165) is 4.90 Å². The molecule has 3 aromatic carbocycles. The number of benzene rings is 3. The topological polar surface area (TPSA) is 32.7 Å². The fourth-order valence-corrected chi connectivity index (χ4v) is 4.04. The maximum absolute atomic E-state index is 14.4. The zero-order valence-electron chi connectivity index (χ0n) is 19.5. The molecule has 0 heterocycles. The van der Waals surface area contributed by atoms with Gasteiger partial charge in [0.1, 0.15) is 18.2 Å². The summed E-state index contributed by atoms with van der Waals surface area (Å²) in [5.41, 5.74) is -5.97. The predicted octanol–water partition coefficient (Wildman–Crippen LogP) is 7.97. The van der Waals surface area contributed by atoms with Crippen LogP contribution in [0, 0.1) is 5.82 Å². The number of anilines is 1. The van der Waals surface area contributed by atoms with Gasteiger partial charge in [-0.05, 0) is 59.8 Å². The molecule has 0 spiro atoms. The van der Waals surface area contributed by atoms with Gasteiger partial charge in [-0.15, -0.1) is 0 Å². The highest BCUT2D eigenvalue weighted by Gasteiger charge is 2.39. The number of nitrogens with zero attached hydrogens (tertiary/aromatic N) is 1. The monoisotopic (exact) mass is 587 g/mol. The number of ether oxygens (including phenoxy) is 1. The van der Waals surface area contributed by atoms with Crippen molar-refractivity contribution in [3.63, 3.8) is 0 Å². The Morgan fingerprint density at radius 1 is 0.846 bits per heavy atom. The molecule has 0 bridgehead atoms. The van der Waals surface area contributed by atoms with Crippen LogP contribution in [0.1, 0.15) is 16.7 Å². The summed E-state index contributed by atoms with van der Waals surface area (Å²) in [5.74, 6) is -1.05. The molecule has 0 fully saturated rings. The first-order valence-corrected chi connectivity index (χ1v) is 11.8. The summed E-state index contributed by atoms with van der Waals surface area (Å²) in [7, 11) is 0. The van der Waals surface area contributed by atoms with Crippen LogP contribution in [0.5, 0.6) is 5.75 Å². The van der Waals surface area contributed by atoms with E-state index >= 15 is 0 Å². The number of hydrogen-bond donors (Lipinski definition) is 1. The minimum absolute atomic E-state index is 0.0472. The van der Waals surface area contributed by atoms with E-state index in [1.54, 1.807) is 0 Å². The number of hydrogen-bond acceptors (Lipinski definition) is 4. The second-order valence-electron chi connectivity index (χ2n) is 8.22. The molecule has 0 saturated carbocycles. The van der Waals surface area contributed by atoms with Crippen molar-refractivity contribution in [3.8, 4) is 5.75 Å². The number of alkyl halides is 9. The minimum Gasteiger partial charge on any atom is -0.489 e. The van der Waals surface area contributed by atoms with Crippen molar-refractivity contribution in [1.29, 1.82) is 0 Å². The molecule has 3 nitrogen and oxygen atoms in total. The van der Waals surface area contributed by atoms with Gasteiger partial charge in [-0.3, -0.25) is 0 Å². The van der Waals surface area contributed by atoms with Gasteiger partial charge < -0.3 is 14.7 Å². The lowest BCUT2D eigenvalue weighted by atomic mass is 10.1. The SMILES string of the molecule is OC(CN(Cc1cc(C(F)(F)F)ccc1F)c1cccc(OCc2cccc(SC(F)(F)F)c2)c1)C(F)(F)F. The summed E-state index contributed by atoms with van der Waals surface area (Å²) in [6.07, 6.45) is -12.8. The number of aliphatic hydroxyl groups is 1. The molecule has 212 valence electrons. The van der Waals surface area contributed by atoms with Gasteiger partial charge >= 0.3 is 17.9 Å². The lowest BCUT2D eigenvalue weighted by Gasteiger charge is -2.29. The molecule has 0 aliphatic rings. The van der Waals surface area contributed by atoms with Crippen molar-refractivity contribution in [3.05, 3.63) is 89.2 Å². The number of thioether (sulfide) groups is 1. The molecule has 39 heavy (non-hydrogen) atoms. The zero-order chi connectivity index (χ0) is 29.0. The van der Waals surface area contributed by atoms with Gasteiger partial charge in [0.05, 0.1) is 12.1 Å². The van der Waals surface area contributed by atoms with E-state index in [4.69, 9.17) is 4.74 Å². The van der Waals surface area contributed by atoms with Gasteiger partial charge in [0, 0.05) is 28.8 Å². The Bertz CT molecular complexity index is 1260. The smallest absolute Gasteiger partial charge is 0.446 e. The summed E-state index contributed by atoms with van der Waals surface area (Å²) in [4.78, 5) is 0.747. The molecule has 1 N–H and O–H groups in total. The van der Waals surface area contributed by atoms with Crippen LogP contribution in [0.2, 0.25) is 0 Å².